The van der Waals surface area contributed by atoms with E-state index in [-0.39, 0.29) is 18.5 Å². The van der Waals surface area contributed by atoms with Gasteiger partial charge in [0.2, 0.25) is 5.91 Å². The molecule has 2 aromatic heterocycles. The van der Waals surface area contributed by atoms with Gasteiger partial charge in [-0.1, -0.05) is 19.9 Å². The van der Waals surface area contributed by atoms with Gasteiger partial charge in [0.25, 0.3) is 0 Å². The summed E-state index contributed by atoms with van der Waals surface area (Å²) in [5.41, 5.74) is 4.52. The molecule has 0 aliphatic heterocycles. The number of H-pyrrole nitrogens is 1. The Kier molecular flexibility index (Phi) is 5.50. The lowest BCUT2D eigenvalue weighted by molar-refractivity contribution is -0.115. The highest BCUT2D eigenvalue weighted by molar-refractivity contribution is 5.93. The van der Waals surface area contributed by atoms with Crippen molar-refractivity contribution in [2.75, 3.05) is 11.9 Å². The van der Waals surface area contributed by atoms with E-state index in [1.807, 2.05) is 32.9 Å². The minimum Gasteiger partial charge on any atom is -0.322 e. The molecule has 2 aromatic rings. The fourth-order valence-electron chi connectivity index (χ4n) is 2.59. The third-order valence-electron chi connectivity index (χ3n) is 3.89. The first-order valence-electron chi connectivity index (χ1n) is 7.86. The Morgan fingerprint density at radius 1 is 1.30 bits per heavy atom. The first kappa shape index (κ1) is 17.1. The minimum atomic E-state index is -0.0863. The number of carbonyl (C=O) groups is 1. The Morgan fingerprint density at radius 2 is 2.04 bits per heavy atom. The van der Waals surface area contributed by atoms with E-state index in [9.17, 15) is 4.79 Å². The van der Waals surface area contributed by atoms with Crippen LogP contribution < -0.4 is 10.6 Å². The standard InChI is InChI=1S/C17H25N5O/c1-10(2)15(16-11(3)7-6-8-18-16)19-9-14(23)20-17-12(4)21-22-13(17)5/h6-8,10,15,19H,9H2,1-5H3,(H,20,23)(H,21,22)/t15-/m0/s1. The molecule has 0 fully saturated rings. The topological polar surface area (TPSA) is 82.7 Å². The van der Waals surface area contributed by atoms with Crippen LogP contribution in [0.25, 0.3) is 0 Å². The second-order valence-electron chi connectivity index (χ2n) is 6.17. The lowest BCUT2D eigenvalue weighted by atomic mass is 9.97. The van der Waals surface area contributed by atoms with Crippen molar-refractivity contribution in [2.45, 2.75) is 40.7 Å². The van der Waals surface area contributed by atoms with Crippen molar-refractivity contribution in [2.24, 2.45) is 5.92 Å². The summed E-state index contributed by atoms with van der Waals surface area (Å²) < 4.78 is 0. The molecule has 0 saturated heterocycles. The van der Waals surface area contributed by atoms with Crippen LogP contribution in [0.15, 0.2) is 18.3 Å². The van der Waals surface area contributed by atoms with Gasteiger partial charge >= 0.3 is 0 Å². The lowest BCUT2D eigenvalue weighted by Crippen LogP contribution is -2.34. The fourth-order valence-corrected chi connectivity index (χ4v) is 2.59. The second kappa shape index (κ2) is 7.37. The SMILES string of the molecule is Cc1cccnc1[C@@H](NCC(=O)Nc1c(C)n[nH]c1C)C(C)C. The van der Waals surface area contributed by atoms with Crippen molar-refractivity contribution in [3.63, 3.8) is 0 Å². The third kappa shape index (κ3) is 4.16. The van der Waals surface area contributed by atoms with Gasteiger partial charge in [-0.15, -0.1) is 0 Å². The average molecular weight is 315 g/mol. The van der Waals surface area contributed by atoms with E-state index in [0.29, 0.717) is 5.92 Å². The zero-order chi connectivity index (χ0) is 17.0. The summed E-state index contributed by atoms with van der Waals surface area (Å²) in [6.45, 7) is 10.3. The zero-order valence-corrected chi connectivity index (χ0v) is 14.4. The van der Waals surface area contributed by atoms with Crippen molar-refractivity contribution >= 4 is 11.6 Å². The van der Waals surface area contributed by atoms with Gasteiger partial charge in [0.05, 0.1) is 35.4 Å². The van der Waals surface area contributed by atoms with Gasteiger partial charge < -0.3 is 5.32 Å². The molecule has 1 amide bonds. The zero-order valence-electron chi connectivity index (χ0n) is 14.4. The summed E-state index contributed by atoms with van der Waals surface area (Å²) in [6, 6.07) is 4.00. The molecule has 0 radical (unpaired) electrons. The Hall–Kier alpha value is -2.21. The minimum absolute atomic E-state index is 0.0356. The average Bonchev–Trinajstić information content (AvgIpc) is 2.81. The Balaban J connectivity index is 2.02. The van der Waals surface area contributed by atoms with Gasteiger partial charge in [0, 0.05) is 6.20 Å². The molecule has 23 heavy (non-hydrogen) atoms. The summed E-state index contributed by atoms with van der Waals surface area (Å²) >= 11 is 0. The van der Waals surface area contributed by atoms with E-state index in [4.69, 9.17) is 0 Å². The van der Waals surface area contributed by atoms with Gasteiger partial charge in [-0.05, 0) is 38.3 Å². The molecule has 124 valence electrons. The molecular weight excluding hydrogens is 290 g/mol. The molecule has 6 heteroatoms. The molecule has 0 unspecified atom stereocenters. The highest BCUT2D eigenvalue weighted by Crippen LogP contribution is 2.22. The van der Waals surface area contributed by atoms with Crippen molar-refractivity contribution < 1.29 is 4.79 Å². The Labute approximate surface area is 137 Å². The second-order valence-corrected chi connectivity index (χ2v) is 6.17. The van der Waals surface area contributed by atoms with Crippen LogP contribution in [0.2, 0.25) is 0 Å². The normalized spacial score (nSPS) is 12.4. The van der Waals surface area contributed by atoms with Gasteiger partial charge in [-0.2, -0.15) is 5.10 Å². The monoisotopic (exact) mass is 315 g/mol. The quantitative estimate of drug-likeness (QED) is 0.765. The first-order chi connectivity index (χ1) is 10.9. The van der Waals surface area contributed by atoms with E-state index < -0.39 is 0 Å². The summed E-state index contributed by atoms with van der Waals surface area (Å²) in [5.74, 6) is 0.241. The van der Waals surface area contributed by atoms with Gasteiger partial charge in [0.15, 0.2) is 0 Å². The maximum Gasteiger partial charge on any atom is 0.238 e. The molecule has 3 N–H and O–H groups in total. The van der Waals surface area contributed by atoms with Crippen molar-refractivity contribution in [3.8, 4) is 0 Å². The highest BCUT2D eigenvalue weighted by atomic mass is 16.1. The molecule has 6 nitrogen and oxygen atoms in total. The number of aromatic nitrogens is 3. The number of aromatic amines is 1. The van der Waals surface area contributed by atoms with Crippen LogP contribution in [-0.2, 0) is 4.79 Å². The van der Waals surface area contributed by atoms with Crippen molar-refractivity contribution in [3.05, 3.63) is 41.0 Å². The maximum atomic E-state index is 12.2. The fraction of sp³-hybridized carbons (Fsp3) is 0.471. The van der Waals surface area contributed by atoms with Gasteiger partial charge in [-0.3, -0.25) is 20.2 Å². The molecule has 1 atom stereocenters. The van der Waals surface area contributed by atoms with Crippen LogP contribution in [0.3, 0.4) is 0 Å². The number of pyridine rings is 1. The smallest absolute Gasteiger partial charge is 0.238 e. The van der Waals surface area contributed by atoms with E-state index in [1.165, 1.54) is 0 Å². The van der Waals surface area contributed by atoms with Gasteiger partial charge in [0.1, 0.15) is 0 Å². The predicted molar refractivity (Wildman–Crippen MR) is 91.2 cm³/mol. The van der Waals surface area contributed by atoms with Gasteiger partial charge in [-0.25, -0.2) is 0 Å². The molecule has 0 aliphatic rings. The Morgan fingerprint density at radius 3 is 2.61 bits per heavy atom. The number of hydrogen-bond donors (Lipinski definition) is 3. The highest BCUT2D eigenvalue weighted by Gasteiger charge is 2.20. The van der Waals surface area contributed by atoms with Crippen molar-refractivity contribution in [1.29, 1.82) is 0 Å². The molecule has 2 rings (SSSR count). The largest absolute Gasteiger partial charge is 0.322 e. The van der Waals surface area contributed by atoms with Crippen LogP contribution in [0.4, 0.5) is 5.69 Å². The molecule has 0 aromatic carbocycles. The summed E-state index contributed by atoms with van der Waals surface area (Å²) in [7, 11) is 0. The number of nitrogens with zero attached hydrogens (tertiary/aromatic N) is 2. The van der Waals surface area contributed by atoms with Crippen molar-refractivity contribution in [1.82, 2.24) is 20.5 Å². The number of carbonyl (C=O) groups excluding carboxylic acids is 1. The molecule has 0 aliphatic carbocycles. The molecule has 0 bridgehead atoms. The molecule has 2 heterocycles. The van der Waals surface area contributed by atoms with Crippen LogP contribution >= 0.6 is 0 Å². The number of hydrogen-bond acceptors (Lipinski definition) is 4. The molecule has 0 spiro atoms. The lowest BCUT2D eigenvalue weighted by Gasteiger charge is -2.23. The number of amides is 1. The number of nitrogens with one attached hydrogen (secondary N) is 3. The third-order valence-corrected chi connectivity index (χ3v) is 3.89. The maximum absolute atomic E-state index is 12.2. The van der Waals surface area contributed by atoms with Crippen LogP contribution in [0.1, 0.15) is 42.5 Å². The summed E-state index contributed by atoms with van der Waals surface area (Å²) in [6.07, 6.45) is 1.79. The summed E-state index contributed by atoms with van der Waals surface area (Å²) in [5, 5.41) is 13.2. The molecule has 0 saturated carbocycles. The van der Waals surface area contributed by atoms with E-state index >= 15 is 0 Å². The van der Waals surface area contributed by atoms with E-state index in [1.54, 1.807) is 6.20 Å². The number of aryl methyl sites for hydroxylation is 3. The predicted octanol–water partition coefficient (Wildman–Crippen LogP) is 2.66. The molecular formula is C17H25N5O. The van der Waals surface area contributed by atoms with E-state index in [0.717, 1.165) is 28.3 Å². The number of rotatable bonds is 6. The summed E-state index contributed by atoms with van der Waals surface area (Å²) in [4.78, 5) is 16.7. The van der Waals surface area contributed by atoms with Crippen LogP contribution in [-0.4, -0.2) is 27.6 Å². The first-order valence-corrected chi connectivity index (χ1v) is 7.86. The van der Waals surface area contributed by atoms with Crippen LogP contribution in [0.5, 0.6) is 0 Å². The van der Waals surface area contributed by atoms with E-state index in [2.05, 4.69) is 39.7 Å². The number of anilines is 1. The Bertz CT molecular complexity index is 658. The van der Waals surface area contributed by atoms with Crippen LogP contribution in [0, 0.1) is 26.7 Å².